The van der Waals surface area contributed by atoms with Crippen LogP contribution >= 0.6 is 11.6 Å². The zero-order chi connectivity index (χ0) is 19.4. The molecule has 142 valence electrons. The summed E-state index contributed by atoms with van der Waals surface area (Å²) in [6, 6.07) is 14.2. The molecule has 27 heavy (non-hydrogen) atoms. The molecular formula is C20H22ClN3O3. The van der Waals surface area contributed by atoms with E-state index in [1.807, 2.05) is 36.1 Å². The van der Waals surface area contributed by atoms with Crippen molar-refractivity contribution in [3.8, 4) is 0 Å². The zero-order valence-electron chi connectivity index (χ0n) is 15.2. The number of nitro benzene ring substituents is 1. The Hall–Kier alpha value is -2.44. The highest BCUT2D eigenvalue weighted by Crippen LogP contribution is 2.25. The van der Waals surface area contributed by atoms with Gasteiger partial charge in [-0.2, -0.15) is 0 Å². The first-order chi connectivity index (χ1) is 13.0. The summed E-state index contributed by atoms with van der Waals surface area (Å²) in [7, 11) is 0. The Morgan fingerprint density at radius 2 is 1.85 bits per heavy atom. The normalized spacial score (nSPS) is 16.1. The smallest absolute Gasteiger partial charge is 0.269 e. The van der Waals surface area contributed by atoms with Gasteiger partial charge in [-0.3, -0.25) is 19.8 Å². The maximum atomic E-state index is 12.6. The van der Waals surface area contributed by atoms with Gasteiger partial charge in [0.05, 0.1) is 11.3 Å². The largest absolute Gasteiger partial charge is 0.340 e. The van der Waals surface area contributed by atoms with E-state index in [-0.39, 0.29) is 22.6 Å². The van der Waals surface area contributed by atoms with Crippen LogP contribution in [0.3, 0.4) is 0 Å². The third kappa shape index (κ3) is 4.64. The Balaban J connectivity index is 1.58. The number of piperazine rings is 1. The molecular weight excluding hydrogens is 366 g/mol. The number of hydrogen-bond donors (Lipinski definition) is 0. The Bertz CT molecular complexity index is 835. The number of hydrogen-bond acceptors (Lipinski definition) is 4. The van der Waals surface area contributed by atoms with E-state index in [1.54, 1.807) is 18.2 Å². The second kappa shape index (κ2) is 8.50. The van der Waals surface area contributed by atoms with Crippen LogP contribution in [0.15, 0.2) is 48.5 Å². The standard InChI is InChI=1S/C20H22ClN3O3/c1-15(16-6-4-7-18(13-16)24(26)27)22-9-11-23(12-10-22)20(25)14-17-5-2-3-8-19(17)21/h2-8,13,15H,9-12,14H2,1H3. The van der Waals surface area contributed by atoms with Gasteiger partial charge in [0.25, 0.3) is 5.69 Å². The maximum absolute atomic E-state index is 12.6. The van der Waals surface area contributed by atoms with Crippen LogP contribution in [0.4, 0.5) is 5.69 Å². The fourth-order valence-corrected chi connectivity index (χ4v) is 3.59. The molecule has 3 rings (SSSR count). The van der Waals surface area contributed by atoms with Crippen LogP contribution in [0.5, 0.6) is 0 Å². The number of carbonyl (C=O) groups is 1. The van der Waals surface area contributed by atoms with Gasteiger partial charge in [-0.05, 0) is 24.1 Å². The number of nitrogens with zero attached hydrogens (tertiary/aromatic N) is 3. The summed E-state index contributed by atoms with van der Waals surface area (Å²) in [6.45, 7) is 4.79. The van der Waals surface area contributed by atoms with Crippen LogP contribution in [0.2, 0.25) is 5.02 Å². The fraction of sp³-hybridized carbons (Fsp3) is 0.350. The second-order valence-electron chi connectivity index (χ2n) is 6.71. The van der Waals surface area contributed by atoms with Crippen LogP contribution in [0, 0.1) is 10.1 Å². The minimum atomic E-state index is -0.373. The Labute approximate surface area is 163 Å². The molecule has 1 fully saturated rings. The van der Waals surface area contributed by atoms with Gasteiger partial charge in [-0.25, -0.2) is 0 Å². The van der Waals surface area contributed by atoms with E-state index in [1.165, 1.54) is 6.07 Å². The molecule has 0 radical (unpaired) electrons. The molecule has 7 heteroatoms. The molecule has 2 aromatic rings. The SMILES string of the molecule is CC(c1cccc([N+](=O)[O-])c1)N1CCN(C(=O)Cc2ccccc2Cl)CC1. The summed E-state index contributed by atoms with van der Waals surface area (Å²) in [5, 5.41) is 11.6. The highest BCUT2D eigenvalue weighted by atomic mass is 35.5. The molecule has 0 bridgehead atoms. The molecule has 0 N–H and O–H groups in total. The Morgan fingerprint density at radius 3 is 2.52 bits per heavy atom. The van der Waals surface area contributed by atoms with E-state index in [9.17, 15) is 14.9 Å². The first-order valence-corrected chi connectivity index (χ1v) is 9.33. The van der Waals surface area contributed by atoms with Crippen molar-refractivity contribution in [1.82, 2.24) is 9.80 Å². The van der Waals surface area contributed by atoms with Crippen molar-refractivity contribution in [2.45, 2.75) is 19.4 Å². The zero-order valence-corrected chi connectivity index (χ0v) is 15.9. The molecule has 1 aliphatic rings. The number of carbonyl (C=O) groups excluding carboxylic acids is 1. The number of halogens is 1. The van der Waals surface area contributed by atoms with Gasteiger partial charge in [-0.15, -0.1) is 0 Å². The highest BCUT2D eigenvalue weighted by Gasteiger charge is 2.25. The number of nitro groups is 1. The highest BCUT2D eigenvalue weighted by molar-refractivity contribution is 6.31. The predicted molar refractivity (Wildman–Crippen MR) is 105 cm³/mol. The van der Waals surface area contributed by atoms with Gasteiger partial charge in [-0.1, -0.05) is 41.9 Å². The summed E-state index contributed by atoms with van der Waals surface area (Å²) in [6.07, 6.45) is 0.306. The van der Waals surface area contributed by atoms with Gasteiger partial charge in [0.2, 0.25) is 5.91 Å². The number of amides is 1. The molecule has 1 amide bonds. The maximum Gasteiger partial charge on any atom is 0.269 e. The second-order valence-corrected chi connectivity index (χ2v) is 7.12. The van der Waals surface area contributed by atoms with Crippen LogP contribution in [-0.4, -0.2) is 46.8 Å². The Morgan fingerprint density at radius 1 is 1.15 bits per heavy atom. The van der Waals surface area contributed by atoms with Crippen molar-refractivity contribution in [2.24, 2.45) is 0 Å². The molecule has 0 saturated carbocycles. The van der Waals surface area contributed by atoms with Gasteiger partial charge in [0.1, 0.15) is 0 Å². The van der Waals surface area contributed by atoms with Crippen molar-refractivity contribution in [2.75, 3.05) is 26.2 Å². The molecule has 1 aliphatic heterocycles. The van der Waals surface area contributed by atoms with Crippen LogP contribution in [-0.2, 0) is 11.2 Å². The lowest BCUT2D eigenvalue weighted by molar-refractivity contribution is -0.385. The summed E-state index contributed by atoms with van der Waals surface area (Å²) < 4.78 is 0. The first-order valence-electron chi connectivity index (χ1n) is 8.95. The van der Waals surface area contributed by atoms with Crippen molar-refractivity contribution in [3.63, 3.8) is 0 Å². The van der Waals surface area contributed by atoms with Crippen molar-refractivity contribution < 1.29 is 9.72 Å². The van der Waals surface area contributed by atoms with Crippen molar-refractivity contribution in [3.05, 3.63) is 74.8 Å². The summed E-state index contributed by atoms with van der Waals surface area (Å²) in [4.78, 5) is 27.3. The number of rotatable bonds is 5. The topological polar surface area (TPSA) is 66.7 Å². The van der Waals surface area contributed by atoms with Gasteiger partial charge in [0.15, 0.2) is 0 Å². The lowest BCUT2D eigenvalue weighted by atomic mass is 10.0. The van der Waals surface area contributed by atoms with Crippen molar-refractivity contribution in [1.29, 1.82) is 0 Å². The van der Waals surface area contributed by atoms with E-state index in [4.69, 9.17) is 11.6 Å². The third-order valence-electron chi connectivity index (χ3n) is 5.08. The Kier molecular flexibility index (Phi) is 6.08. The van der Waals surface area contributed by atoms with Gasteiger partial charge in [0, 0.05) is 49.4 Å². The molecule has 1 saturated heterocycles. The minimum absolute atomic E-state index is 0.0609. The van der Waals surface area contributed by atoms with Gasteiger partial charge < -0.3 is 4.90 Å². The van der Waals surface area contributed by atoms with E-state index >= 15 is 0 Å². The van der Waals surface area contributed by atoms with E-state index < -0.39 is 0 Å². The van der Waals surface area contributed by atoms with Crippen LogP contribution in [0.25, 0.3) is 0 Å². The lowest BCUT2D eigenvalue weighted by Crippen LogP contribution is -2.49. The monoisotopic (exact) mass is 387 g/mol. The molecule has 1 heterocycles. The summed E-state index contributed by atoms with van der Waals surface area (Å²) in [5.41, 5.74) is 1.87. The predicted octanol–water partition coefficient (Wildman–Crippen LogP) is 3.70. The van der Waals surface area contributed by atoms with E-state index in [0.29, 0.717) is 24.5 Å². The summed E-state index contributed by atoms with van der Waals surface area (Å²) >= 11 is 6.15. The lowest BCUT2D eigenvalue weighted by Gasteiger charge is -2.38. The molecule has 6 nitrogen and oxygen atoms in total. The van der Waals surface area contributed by atoms with E-state index in [2.05, 4.69) is 4.90 Å². The minimum Gasteiger partial charge on any atom is -0.340 e. The van der Waals surface area contributed by atoms with Crippen molar-refractivity contribution >= 4 is 23.2 Å². The molecule has 0 aromatic heterocycles. The fourth-order valence-electron chi connectivity index (χ4n) is 3.38. The molecule has 0 aliphatic carbocycles. The number of benzene rings is 2. The quantitative estimate of drug-likeness (QED) is 0.579. The van der Waals surface area contributed by atoms with Crippen LogP contribution < -0.4 is 0 Å². The number of non-ortho nitro benzene ring substituents is 1. The average Bonchev–Trinajstić information content (AvgIpc) is 2.69. The summed E-state index contributed by atoms with van der Waals surface area (Å²) in [5.74, 6) is 0.0748. The third-order valence-corrected chi connectivity index (χ3v) is 5.45. The first kappa shape index (κ1) is 19.3. The molecule has 2 aromatic carbocycles. The average molecular weight is 388 g/mol. The van der Waals surface area contributed by atoms with E-state index in [0.717, 1.165) is 24.2 Å². The molecule has 0 spiro atoms. The van der Waals surface area contributed by atoms with Crippen LogP contribution in [0.1, 0.15) is 24.1 Å². The molecule has 1 unspecified atom stereocenters. The molecule has 1 atom stereocenters. The van der Waals surface area contributed by atoms with Gasteiger partial charge >= 0.3 is 0 Å².